The predicted molar refractivity (Wildman–Crippen MR) is 68.9 cm³/mol. The molecule has 0 radical (unpaired) electrons. The van der Waals surface area contributed by atoms with Crippen LogP contribution in [0.15, 0.2) is 24.3 Å². The molecule has 1 aromatic carbocycles. The van der Waals surface area contributed by atoms with Crippen molar-refractivity contribution in [1.29, 1.82) is 0 Å². The number of carbonyl (C=O) groups is 1. The molecule has 0 fully saturated rings. The van der Waals surface area contributed by atoms with Gasteiger partial charge in [-0.3, -0.25) is 9.00 Å². The number of fused-ring (bicyclic) bond motifs is 1. The minimum Gasteiger partial charge on any atom is -0.480 e. The van der Waals surface area contributed by atoms with Gasteiger partial charge in [0, 0.05) is 10.8 Å². The average molecular weight is 268 g/mol. The molecule has 2 rings (SSSR count). The summed E-state index contributed by atoms with van der Waals surface area (Å²) in [5.41, 5.74) is 2.24. The number of hydrogen-bond acceptors (Lipinski definition) is 3. The maximum atomic E-state index is 11.9. The summed E-state index contributed by atoms with van der Waals surface area (Å²) in [6.45, 7) is 2.06. The molecular formula is C13H16O4S. The van der Waals surface area contributed by atoms with Crippen LogP contribution in [-0.4, -0.2) is 32.9 Å². The first-order valence-corrected chi connectivity index (χ1v) is 7.27. The number of carboxylic acids is 1. The van der Waals surface area contributed by atoms with Crippen molar-refractivity contribution in [2.24, 2.45) is 0 Å². The van der Waals surface area contributed by atoms with Gasteiger partial charge in [0.05, 0.1) is 18.5 Å². The van der Waals surface area contributed by atoms with Crippen LogP contribution in [-0.2, 0) is 26.8 Å². The van der Waals surface area contributed by atoms with Crippen LogP contribution in [0.25, 0.3) is 0 Å². The van der Waals surface area contributed by atoms with Crippen LogP contribution in [0.4, 0.5) is 0 Å². The van der Waals surface area contributed by atoms with E-state index in [9.17, 15) is 9.00 Å². The molecule has 0 saturated heterocycles. The zero-order chi connectivity index (χ0) is 13.1. The van der Waals surface area contributed by atoms with Crippen molar-refractivity contribution in [2.45, 2.75) is 24.7 Å². The quantitative estimate of drug-likeness (QED) is 0.899. The highest BCUT2D eigenvalue weighted by molar-refractivity contribution is 7.86. The number of rotatable bonds is 4. The Kier molecular flexibility index (Phi) is 4.14. The first kappa shape index (κ1) is 13.2. The van der Waals surface area contributed by atoms with Gasteiger partial charge in [0.1, 0.15) is 5.25 Å². The molecule has 4 nitrogen and oxygen atoms in total. The number of hydrogen-bond donors (Lipinski definition) is 1. The van der Waals surface area contributed by atoms with Crippen LogP contribution >= 0.6 is 0 Å². The first-order valence-electron chi connectivity index (χ1n) is 5.89. The molecule has 98 valence electrons. The number of ether oxygens (including phenoxy) is 1. The molecule has 0 aliphatic carbocycles. The van der Waals surface area contributed by atoms with E-state index in [1.165, 1.54) is 12.5 Å². The summed E-state index contributed by atoms with van der Waals surface area (Å²) in [5.74, 6) is -0.790. The third-order valence-electron chi connectivity index (χ3n) is 3.15. The molecule has 1 heterocycles. The number of carboxylic acid groups (broad SMARTS) is 1. The molecular weight excluding hydrogens is 252 g/mol. The van der Waals surface area contributed by atoms with Crippen molar-refractivity contribution >= 4 is 16.8 Å². The summed E-state index contributed by atoms with van der Waals surface area (Å²) in [4.78, 5) is 10.8. The maximum absolute atomic E-state index is 11.9. The Labute approximate surface area is 108 Å². The third-order valence-corrected chi connectivity index (χ3v) is 4.77. The second kappa shape index (κ2) is 5.63. The highest BCUT2D eigenvalue weighted by atomic mass is 32.2. The molecule has 1 N–H and O–H groups in total. The number of benzene rings is 1. The van der Waals surface area contributed by atoms with E-state index >= 15 is 0 Å². The monoisotopic (exact) mass is 268 g/mol. The fraction of sp³-hybridized carbons (Fsp3) is 0.462. The summed E-state index contributed by atoms with van der Waals surface area (Å²) >= 11 is 0. The minimum absolute atomic E-state index is 0.241. The lowest BCUT2D eigenvalue weighted by Gasteiger charge is -2.26. The lowest BCUT2D eigenvalue weighted by molar-refractivity contribution is -0.136. The zero-order valence-corrected chi connectivity index (χ0v) is 11.0. The van der Waals surface area contributed by atoms with Crippen LogP contribution in [0.2, 0.25) is 0 Å². The van der Waals surface area contributed by atoms with Crippen LogP contribution in [0.5, 0.6) is 0 Å². The van der Waals surface area contributed by atoms with Crippen molar-refractivity contribution in [3.05, 3.63) is 35.4 Å². The van der Waals surface area contributed by atoms with Crippen molar-refractivity contribution in [1.82, 2.24) is 0 Å². The Balaban J connectivity index is 2.12. The highest BCUT2D eigenvalue weighted by Crippen LogP contribution is 2.28. The van der Waals surface area contributed by atoms with Gasteiger partial charge in [-0.25, -0.2) is 0 Å². The van der Waals surface area contributed by atoms with Gasteiger partial charge >= 0.3 is 5.97 Å². The summed E-state index contributed by atoms with van der Waals surface area (Å²) in [5, 5.41) is 7.98. The highest BCUT2D eigenvalue weighted by Gasteiger charge is 2.26. The predicted octanol–water partition coefficient (Wildman–Crippen LogP) is 1.52. The lowest BCUT2D eigenvalue weighted by Crippen LogP contribution is -2.28. The summed E-state index contributed by atoms with van der Waals surface area (Å²) in [6.07, 6.45) is 0.603. The molecule has 3 unspecified atom stereocenters. The molecule has 3 atom stereocenters. The van der Waals surface area contributed by atoms with Crippen molar-refractivity contribution in [3.8, 4) is 0 Å². The molecule has 0 aromatic heterocycles. The smallest absolute Gasteiger partial charge is 0.318 e. The van der Waals surface area contributed by atoms with Crippen molar-refractivity contribution in [3.63, 3.8) is 0 Å². The Bertz CT molecular complexity index is 472. The standard InChI is InChI=1S/C13H16O4S/c1-9(13(14)15)18(16)8-12-11-5-3-2-4-10(11)6-7-17-12/h2-5,9,12H,6-8H2,1H3,(H,14,15). The van der Waals surface area contributed by atoms with Gasteiger partial charge in [0.15, 0.2) is 0 Å². The minimum atomic E-state index is -1.42. The lowest BCUT2D eigenvalue weighted by atomic mass is 9.99. The molecule has 1 aromatic rings. The van der Waals surface area contributed by atoms with Crippen LogP contribution in [0, 0.1) is 0 Å². The Morgan fingerprint density at radius 2 is 2.28 bits per heavy atom. The second-order valence-electron chi connectivity index (χ2n) is 4.34. The fourth-order valence-electron chi connectivity index (χ4n) is 2.02. The average Bonchev–Trinajstić information content (AvgIpc) is 2.38. The van der Waals surface area contributed by atoms with E-state index < -0.39 is 22.0 Å². The van der Waals surface area contributed by atoms with Crippen molar-refractivity contribution < 1.29 is 18.8 Å². The van der Waals surface area contributed by atoms with E-state index in [0.717, 1.165) is 12.0 Å². The van der Waals surface area contributed by atoms with E-state index in [4.69, 9.17) is 9.84 Å². The third kappa shape index (κ3) is 2.79. The van der Waals surface area contributed by atoms with Crippen LogP contribution in [0.3, 0.4) is 0 Å². The van der Waals surface area contributed by atoms with E-state index in [1.54, 1.807) is 0 Å². The second-order valence-corrected chi connectivity index (χ2v) is 6.14. The van der Waals surface area contributed by atoms with E-state index in [2.05, 4.69) is 0 Å². The normalized spacial score (nSPS) is 21.9. The number of aliphatic carboxylic acids is 1. The molecule has 0 saturated carbocycles. The van der Waals surface area contributed by atoms with Crippen LogP contribution < -0.4 is 0 Å². The Morgan fingerprint density at radius 3 is 3.00 bits per heavy atom. The summed E-state index contributed by atoms with van der Waals surface area (Å²) < 4.78 is 17.5. The van der Waals surface area contributed by atoms with Gasteiger partial charge in [-0.05, 0) is 24.5 Å². The molecule has 18 heavy (non-hydrogen) atoms. The van der Waals surface area contributed by atoms with Gasteiger partial charge in [-0.15, -0.1) is 0 Å². The molecule has 0 amide bonds. The van der Waals surface area contributed by atoms with Gasteiger partial charge in [0.2, 0.25) is 0 Å². The van der Waals surface area contributed by atoms with Gasteiger partial charge in [-0.2, -0.15) is 0 Å². The zero-order valence-electron chi connectivity index (χ0n) is 10.2. The molecule has 5 heteroatoms. The summed E-state index contributed by atoms with van der Waals surface area (Å²) in [7, 11) is -1.42. The molecule has 1 aliphatic rings. The van der Waals surface area contributed by atoms with E-state index in [1.807, 2.05) is 24.3 Å². The van der Waals surface area contributed by atoms with Gasteiger partial charge < -0.3 is 9.84 Å². The molecule has 1 aliphatic heterocycles. The molecule has 0 bridgehead atoms. The largest absolute Gasteiger partial charge is 0.480 e. The molecule has 0 spiro atoms. The SMILES string of the molecule is CC(C(=O)O)S(=O)CC1OCCc2ccccc21. The first-order chi connectivity index (χ1) is 8.59. The van der Waals surface area contributed by atoms with E-state index in [-0.39, 0.29) is 11.9 Å². The van der Waals surface area contributed by atoms with Gasteiger partial charge in [0.25, 0.3) is 0 Å². The van der Waals surface area contributed by atoms with Crippen LogP contribution in [0.1, 0.15) is 24.2 Å². The maximum Gasteiger partial charge on any atom is 0.318 e. The Hall–Kier alpha value is -1.20. The van der Waals surface area contributed by atoms with E-state index in [0.29, 0.717) is 6.61 Å². The van der Waals surface area contributed by atoms with Gasteiger partial charge in [-0.1, -0.05) is 24.3 Å². The van der Waals surface area contributed by atoms with Crippen molar-refractivity contribution in [2.75, 3.05) is 12.4 Å². The summed E-state index contributed by atoms with van der Waals surface area (Å²) in [6, 6.07) is 7.89. The fourth-order valence-corrected chi connectivity index (χ4v) is 3.11. The Morgan fingerprint density at radius 1 is 1.56 bits per heavy atom. The topological polar surface area (TPSA) is 63.6 Å².